The van der Waals surface area contributed by atoms with Crippen molar-refractivity contribution in [2.75, 3.05) is 18.9 Å². The number of anilines is 1. The predicted molar refractivity (Wildman–Crippen MR) is 135 cm³/mol. The average molecular weight is 617 g/mol. The summed E-state index contributed by atoms with van der Waals surface area (Å²) in [5, 5.41) is 2.25. The lowest BCUT2D eigenvalue weighted by molar-refractivity contribution is -0.187. The number of ether oxygens (including phenoxy) is 1. The van der Waals surface area contributed by atoms with Crippen LogP contribution in [0.4, 0.5) is 32.8 Å². The molecule has 17 heteroatoms. The molecule has 0 aromatic heterocycles. The van der Waals surface area contributed by atoms with Gasteiger partial charge in [-0.15, -0.1) is 0 Å². The lowest BCUT2D eigenvalue weighted by Gasteiger charge is -2.31. The van der Waals surface area contributed by atoms with Crippen LogP contribution in [0.5, 0.6) is 0 Å². The Kier molecular flexibility index (Phi) is 7.94. The minimum atomic E-state index is -4.85. The van der Waals surface area contributed by atoms with E-state index in [1.807, 2.05) is 0 Å². The van der Waals surface area contributed by atoms with Gasteiger partial charge in [-0.3, -0.25) is 14.1 Å². The van der Waals surface area contributed by atoms with Gasteiger partial charge < -0.3 is 15.0 Å². The summed E-state index contributed by atoms with van der Waals surface area (Å²) in [5.41, 5.74) is -0.947. The number of nitrogens with zero attached hydrogens (tertiary/aromatic N) is 3. The highest BCUT2D eigenvalue weighted by molar-refractivity contribution is 7.83. The Balaban J connectivity index is 1.55. The third-order valence-electron chi connectivity index (χ3n) is 7.06. The molecule has 1 fully saturated rings. The Bertz CT molecular complexity index is 1550. The van der Waals surface area contributed by atoms with Gasteiger partial charge in [-0.05, 0) is 48.7 Å². The zero-order valence-corrected chi connectivity index (χ0v) is 22.8. The number of hydrogen-bond donors (Lipinski definition) is 2. The summed E-state index contributed by atoms with van der Waals surface area (Å²) in [6.07, 6.45) is -6.01. The van der Waals surface area contributed by atoms with E-state index in [4.69, 9.17) is 9.29 Å². The second-order valence-electron chi connectivity index (χ2n) is 9.70. The predicted octanol–water partition coefficient (Wildman–Crippen LogP) is 3.19. The minimum absolute atomic E-state index is 0.0535. The smallest absolute Gasteiger partial charge is 0.418 e. The fourth-order valence-electron chi connectivity index (χ4n) is 4.67. The van der Waals surface area contributed by atoms with Crippen molar-refractivity contribution in [3.8, 4) is 0 Å². The molecule has 2 aromatic carbocycles. The summed E-state index contributed by atoms with van der Waals surface area (Å²) in [6.45, 7) is -0.886. The van der Waals surface area contributed by atoms with E-state index in [1.165, 1.54) is 30.3 Å². The summed E-state index contributed by atoms with van der Waals surface area (Å²) in [7, 11) is -4.00. The van der Waals surface area contributed by atoms with Gasteiger partial charge in [0, 0.05) is 31.3 Å². The van der Waals surface area contributed by atoms with Crippen molar-refractivity contribution >= 4 is 39.9 Å². The van der Waals surface area contributed by atoms with Gasteiger partial charge in [-0.1, -0.05) is 18.2 Å². The number of fused-ring (bicyclic) bond motifs is 2. The van der Waals surface area contributed by atoms with Crippen molar-refractivity contribution in [3.05, 3.63) is 65.0 Å². The first-order valence-corrected chi connectivity index (χ1v) is 13.6. The van der Waals surface area contributed by atoms with Gasteiger partial charge in [-0.2, -0.15) is 21.6 Å². The first-order valence-electron chi connectivity index (χ1n) is 12.3. The highest BCUT2D eigenvalue weighted by atomic mass is 32.2. The topological polar surface area (TPSA) is 154 Å². The van der Waals surface area contributed by atoms with Gasteiger partial charge in [0.25, 0.3) is 5.91 Å². The van der Waals surface area contributed by atoms with Gasteiger partial charge in [0.2, 0.25) is 11.5 Å². The van der Waals surface area contributed by atoms with Crippen molar-refractivity contribution < 1.29 is 54.4 Å². The van der Waals surface area contributed by atoms with Crippen LogP contribution in [0.15, 0.2) is 42.5 Å². The molecule has 2 aromatic rings. The average Bonchev–Trinajstić information content (AvgIpc) is 3.38. The number of carbonyl (C=O) groups excluding carboxylic acids is 4. The fraction of sp³-hybridized carbons (Fsp3) is 0.360. The molecule has 1 heterocycles. The standard InChI is InChI=1S/C25H24F4N4O8S/c1-14(25(27,28)29)32(12-15-3-5-17(26)6-4-15)20(34)13-33-21(35)24(41-23(33)37)10-9-16-11-18(7-8-19(16)24)30-22(36)31(2)42(38,39)40/h3-8,11,14H,9-10,12-13H2,1-2H3,(H,30,36)(H,38,39,40)/t14-,24+/m0/s1. The van der Waals surface area contributed by atoms with Crippen molar-refractivity contribution in [2.24, 2.45) is 0 Å². The normalized spacial score (nSPS) is 19.0. The number of amides is 5. The lowest BCUT2D eigenvalue weighted by atomic mass is 9.94. The molecule has 4 rings (SSSR count). The molecule has 5 amide bonds. The Labute approximate surface area is 236 Å². The molecule has 12 nitrogen and oxygen atoms in total. The maximum Gasteiger partial charge on any atom is 0.418 e. The Morgan fingerprint density at radius 1 is 1.17 bits per heavy atom. The van der Waals surface area contributed by atoms with E-state index in [-0.39, 0.29) is 34.0 Å². The number of benzene rings is 2. The number of rotatable bonds is 7. The summed E-state index contributed by atoms with van der Waals surface area (Å²) in [5.74, 6) is -2.80. The van der Waals surface area contributed by atoms with E-state index in [1.54, 1.807) is 0 Å². The van der Waals surface area contributed by atoms with Gasteiger partial charge in [-0.25, -0.2) is 23.2 Å². The number of imide groups is 1. The number of urea groups is 1. The maximum atomic E-state index is 13.6. The molecule has 2 aliphatic rings. The van der Waals surface area contributed by atoms with Gasteiger partial charge in [0.05, 0.1) is 0 Å². The largest absolute Gasteiger partial charge is 0.427 e. The molecule has 0 unspecified atom stereocenters. The number of halogens is 4. The van der Waals surface area contributed by atoms with E-state index in [2.05, 4.69) is 5.32 Å². The number of alkyl halides is 3. The molecule has 0 saturated carbocycles. The second kappa shape index (κ2) is 10.9. The van der Waals surface area contributed by atoms with Crippen LogP contribution >= 0.6 is 0 Å². The molecule has 0 radical (unpaired) electrons. The van der Waals surface area contributed by atoms with Crippen molar-refractivity contribution in [1.29, 1.82) is 0 Å². The molecular weight excluding hydrogens is 592 g/mol. The van der Waals surface area contributed by atoms with Gasteiger partial charge in [0.15, 0.2) is 0 Å². The quantitative estimate of drug-likeness (QED) is 0.355. The molecule has 226 valence electrons. The van der Waals surface area contributed by atoms with Crippen molar-refractivity contribution in [3.63, 3.8) is 0 Å². The summed E-state index contributed by atoms with van der Waals surface area (Å²) < 4.78 is 90.9. The molecular formula is C25H24F4N4O8S. The third kappa shape index (κ3) is 5.87. The van der Waals surface area contributed by atoms with Crippen LogP contribution in [0.25, 0.3) is 0 Å². The number of hydrogen-bond acceptors (Lipinski definition) is 7. The SMILES string of the molecule is C[C@H](N(Cc1ccc(F)cc1)C(=O)CN1C(=O)O[C@@]2(CCc3cc(NC(=O)N(C)S(=O)(=O)O)ccc32)C1=O)C(F)(F)F. The molecule has 42 heavy (non-hydrogen) atoms. The maximum absolute atomic E-state index is 13.6. The molecule has 2 atom stereocenters. The van der Waals surface area contributed by atoms with E-state index < -0.39 is 71.0 Å². The van der Waals surface area contributed by atoms with Crippen LogP contribution in [0, 0.1) is 5.82 Å². The summed E-state index contributed by atoms with van der Waals surface area (Å²) in [6, 6.07) is 4.97. The van der Waals surface area contributed by atoms with E-state index in [0.29, 0.717) is 15.4 Å². The molecule has 2 N–H and O–H groups in total. The first-order chi connectivity index (χ1) is 19.4. The van der Waals surface area contributed by atoms with Gasteiger partial charge >= 0.3 is 28.6 Å². The number of carbonyl (C=O) groups is 4. The molecule has 1 aliphatic heterocycles. The summed E-state index contributed by atoms with van der Waals surface area (Å²) >= 11 is 0. The third-order valence-corrected chi connectivity index (χ3v) is 7.92. The van der Waals surface area contributed by atoms with Gasteiger partial charge in [0.1, 0.15) is 18.4 Å². The molecule has 1 saturated heterocycles. The molecule has 1 aliphatic carbocycles. The lowest BCUT2D eigenvalue weighted by Crippen LogP contribution is -2.51. The number of nitrogens with one attached hydrogen (secondary N) is 1. The summed E-state index contributed by atoms with van der Waals surface area (Å²) in [4.78, 5) is 52.3. The van der Waals surface area contributed by atoms with E-state index in [0.717, 1.165) is 26.1 Å². The Hall–Kier alpha value is -4.25. The van der Waals surface area contributed by atoms with Crippen LogP contribution in [-0.4, -0.2) is 76.8 Å². The fourth-order valence-corrected chi connectivity index (χ4v) is 4.92. The van der Waals surface area contributed by atoms with Crippen LogP contribution in [0.1, 0.15) is 30.0 Å². The van der Waals surface area contributed by atoms with Crippen molar-refractivity contribution in [2.45, 2.75) is 44.1 Å². The molecule has 1 spiro atoms. The molecule has 0 bridgehead atoms. The van der Waals surface area contributed by atoms with Crippen LogP contribution in [-0.2, 0) is 43.2 Å². The highest BCUT2D eigenvalue weighted by Gasteiger charge is 2.58. The van der Waals surface area contributed by atoms with E-state index >= 15 is 0 Å². The number of aryl methyl sites for hydroxylation is 1. The zero-order valence-electron chi connectivity index (χ0n) is 22.0. The van der Waals surface area contributed by atoms with E-state index in [9.17, 15) is 45.2 Å². The van der Waals surface area contributed by atoms with Crippen LogP contribution in [0.2, 0.25) is 0 Å². The zero-order chi connectivity index (χ0) is 31.2. The second-order valence-corrected chi connectivity index (χ2v) is 11.1. The Morgan fingerprint density at radius 3 is 2.40 bits per heavy atom. The highest BCUT2D eigenvalue weighted by Crippen LogP contribution is 2.46. The van der Waals surface area contributed by atoms with Crippen LogP contribution in [0.3, 0.4) is 0 Å². The van der Waals surface area contributed by atoms with Crippen molar-refractivity contribution in [1.82, 2.24) is 14.1 Å². The minimum Gasteiger partial charge on any atom is -0.427 e. The Morgan fingerprint density at radius 2 is 1.81 bits per heavy atom. The first kappa shape index (κ1) is 30.7. The van der Waals surface area contributed by atoms with Crippen LogP contribution < -0.4 is 5.32 Å². The monoisotopic (exact) mass is 616 g/mol.